The van der Waals surface area contributed by atoms with Gasteiger partial charge in [-0.2, -0.15) is 11.8 Å². The molecule has 1 aliphatic rings. The van der Waals surface area contributed by atoms with Crippen molar-refractivity contribution in [3.8, 4) is 0 Å². The molecule has 2 unspecified atom stereocenters. The van der Waals surface area contributed by atoms with Crippen molar-refractivity contribution in [2.24, 2.45) is 5.92 Å². The molecule has 2 nitrogen and oxygen atoms in total. The molecule has 3 heteroatoms. The van der Waals surface area contributed by atoms with E-state index in [0.717, 1.165) is 18.9 Å². The number of hydrogen-bond acceptors (Lipinski definition) is 3. The van der Waals surface area contributed by atoms with Gasteiger partial charge in [-0.3, -0.25) is 0 Å². The van der Waals surface area contributed by atoms with Gasteiger partial charge in [-0.1, -0.05) is 26.7 Å². The van der Waals surface area contributed by atoms with Gasteiger partial charge in [0.2, 0.25) is 0 Å². The smallest absolute Gasteiger partial charge is 0.0611 e. The van der Waals surface area contributed by atoms with Gasteiger partial charge in [-0.15, -0.1) is 0 Å². The van der Waals surface area contributed by atoms with Gasteiger partial charge in [0.25, 0.3) is 0 Å². The van der Waals surface area contributed by atoms with E-state index in [4.69, 9.17) is 0 Å². The van der Waals surface area contributed by atoms with Crippen molar-refractivity contribution in [2.75, 3.05) is 18.9 Å². The fourth-order valence-corrected chi connectivity index (χ4v) is 4.21. The molecule has 0 amide bonds. The Bertz CT molecular complexity index is 206. The largest absolute Gasteiger partial charge is 0.394 e. The van der Waals surface area contributed by atoms with Crippen molar-refractivity contribution in [1.82, 2.24) is 5.32 Å². The molecule has 0 radical (unpaired) electrons. The molecule has 1 saturated carbocycles. The lowest BCUT2D eigenvalue weighted by Crippen LogP contribution is -2.47. The van der Waals surface area contributed by atoms with Crippen molar-refractivity contribution >= 4 is 11.8 Å². The quantitative estimate of drug-likeness (QED) is 0.703. The molecule has 1 rings (SSSR count). The molecule has 0 saturated heterocycles. The second-order valence-corrected chi connectivity index (χ2v) is 7.22. The summed E-state index contributed by atoms with van der Waals surface area (Å²) in [6.45, 7) is 7.69. The number of aliphatic hydroxyl groups is 1. The molecule has 102 valence electrons. The van der Waals surface area contributed by atoms with E-state index in [1.165, 1.54) is 31.4 Å². The number of likely N-dealkylation sites (N-methyl/N-ethyl adjacent to an activating group) is 1. The standard InChI is InChI=1S/C14H29NOS/c1-4-15-14(3,11-16)9-12(2)17-10-13-7-5-6-8-13/h12-13,15-16H,4-11H2,1-3H3. The summed E-state index contributed by atoms with van der Waals surface area (Å²) in [6, 6.07) is 0. The van der Waals surface area contributed by atoms with Gasteiger partial charge in [0, 0.05) is 10.8 Å². The first-order valence-electron chi connectivity index (χ1n) is 7.07. The number of hydrogen-bond donors (Lipinski definition) is 2. The Morgan fingerprint density at radius 2 is 2.06 bits per heavy atom. The summed E-state index contributed by atoms with van der Waals surface area (Å²) in [4.78, 5) is 0. The van der Waals surface area contributed by atoms with Crippen LogP contribution >= 0.6 is 11.8 Å². The number of nitrogens with one attached hydrogen (secondary N) is 1. The highest BCUT2D eigenvalue weighted by Gasteiger charge is 2.25. The summed E-state index contributed by atoms with van der Waals surface area (Å²) in [6.07, 6.45) is 6.79. The van der Waals surface area contributed by atoms with Crippen LogP contribution in [0.1, 0.15) is 52.9 Å². The van der Waals surface area contributed by atoms with Crippen LogP contribution in [0.25, 0.3) is 0 Å². The first-order chi connectivity index (χ1) is 8.09. The number of thioether (sulfide) groups is 1. The van der Waals surface area contributed by atoms with Crippen molar-refractivity contribution in [2.45, 2.75) is 63.7 Å². The second kappa shape index (κ2) is 7.65. The molecule has 1 aliphatic carbocycles. The van der Waals surface area contributed by atoms with Crippen LogP contribution < -0.4 is 5.32 Å². The van der Waals surface area contributed by atoms with Gasteiger partial charge in [0.05, 0.1) is 6.61 Å². The lowest BCUT2D eigenvalue weighted by molar-refractivity contribution is 0.168. The molecule has 0 aromatic rings. The van der Waals surface area contributed by atoms with Gasteiger partial charge < -0.3 is 10.4 Å². The zero-order chi connectivity index (χ0) is 12.7. The Labute approximate surface area is 111 Å². The zero-order valence-electron chi connectivity index (χ0n) is 11.7. The van der Waals surface area contributed by atoms with Crippen molar-refractivity contribution in [1.29, 1.82) is 0 Å². The van der Waals surface area contributed by atoms with Crippen LogP contribution in [0.4, 0.5) is 0 Å². The zero-order valence-corrected chi connectivity index (χ0v) is 12.5. The molecule has 2 atom stereocenters. The molecule has 2 N–H and O–H groups in total. The maximum atomic E-state index is 9.47. The summed E-state index contributed by atoms with van der Waals surface area (Å²) < 4.78 is 0. The lowest BCUT2D eigenvalue weighted by Gasteiger charge is -2.31. The fraction of sp³-hybridized carbons (Fsp3) is 1.00. The van der Waals surface area contributed by atoms with Crippen LogP contribution in [-0.2, 0) is 0 Å². The Hall–Kier alpha value is 0.270. The first-order valence-corrected chi connectivity index (χ1v) is 8.12. The molecule has 1 fully saturated rings. The van der Waals surface area contributed by atoms with Crippen molar-refractivity contribution in [3.63, 3.8) is 0 Å². The predicted octanol–water partition coefficient (Wildman–Crippen LogP) is 3.05. The summed E-state index contributed by atoms with van der Waals surface area (Å²) in [5.41, 5.74) is -0.100. The normalized spacial score (nSPS) is 22.6. The van der Waals surface area contributed by atoms with Gasteiger partial charge in [0.1, 0.15) is 0 Å². The van der Waals surface area contributed by atoms with Crippen molar-refractivity contribution < 1.29 is 5.11 Å². The molecular weight excluding hydrogens is 230 g/mol. The minimum absolute atomic E-state index is 0.100. The van der Waals surface area contributed by atoms with Gasteiger partial charge in [0.15, 0.2) is 0 Å². The van der Waals surface area contributed by atoms with E-state index in [-0.39, 0.29) is 12.1 Å². The summed E-state index contributed by atoms with van der Waals surface area (Å²) in [5.74, 6) is 2.27. The summed E-state index contributed by atoms with van der Waals surface area (Å²) in [7, 11) is 0. The van der Waals surface area contributed by atoms with Gasteiger partial charge in [-0.05, 0) is 44.4 Å². The van der Waals surface area contributed by atoms with E-state index in [0.29, 0.717) is 5.25 Å². The van der Waals surface area contributed by atoms with E-state index in [2.05, 4.69) is 37.8 Å². The van der Waals surface area contributed by atoms with Crippen LogP contribution in [0.2, 0.25) is 0 Å². The SMILES string of the molecule is CCNC(C)(CO)CC(C)SCC1CCCC1. The third-order valence-corrected chi connectivity index (χ3v) is 5.18. The monoisotopic (exact) mass is 259 g/mol. The summed E-state index contributed by atoms with van der Waals surface area (Å²) >= 11 is 2.09. The second-order valence-electron chi connectivity index (χ2n) is 5.75. The topological polar surface area (TPSA) is 32.3 Å². The Balaban J connectivity index is 2.24. The van der Waals surface area contributed by atoms with E-state index in [1.807, 2.05) is 0 Å². The van der Waals surface area contributed by atoms with Crippen molar-refractivity contribution in [3.05, 3.63) is 0 Å². The highest BCUT2D eigenvalue weighted by molar-refractivity contribution is 7.99. The molecule has 0 bridgehead atoms. The molecular formula is C14H29NOS. The maximum Gasteiger partial charge on any atom is 0.0611 e. The van der Waals surface area contributed by atoms with E-state index < -0.39 is 0 Å². The first kappa shape index (κ1) is 15.3. The lowest BCUT2D eigenvalue weighted by atomic mass is 9.97. The van der Waals surface area contributed by atoms with E-state index in [9.17, 15) is 5.11 Å². The highest BCUT2D eigenvalue weighted by atomic mass is 32.2. The third kappa shape index (κ3) is 5.62. The molecule has 0 aliphatic heterocycles. The number of rotatable bonds is 8. The van der Waals surface area contributed by atoms with Crippen LogP contribution in [0.3, 0.4) is 0 Å². The number of aliphatic hydroxyl groups excluding tert-OH is 1. The Morgan fingerprint density at radius 1 is 1.41 bits per heavy atom. The Kier molecular flexibility index (Phi) is 6.90. The van der Waals surface area contributed by atoms with Crippen LogP contribution in [0, 0.1) is 5.92 Å². The molecule has 17 heavy (non-hydrogen) atoms. The third-order valence-electron chi connectivity index (χ3n) is 3.78. The highest BCUT2D eigenvalue weighted by Crippen LogP contribution is 2.31. The average molecular weight is 259 g/mol. The Morgan fingerprint density at radius 3 is 2.59 bits per heavy atom. The van der Waals surface area contributed by atoms with Gasteiger partial charge in [-0.25, -0.2) is 0 Å². The minimum Gasteiger partial charge on any atom is -0.394 e. The van der Waals surface area contributed by atoms with E-state index >= 15 is 0 Å². The van der Waals surface area contributed by atoms with E-state index in [1.54, 1.807) is 0 Å². The molecule has 0 aromatic carbocycles. The molecule has 0 spiro atoms. The minimum atomic E-state index is -0.100. The molecule has 0 heterocycles. The fourth-order valence-electron chi connectivity index (χ4n) is 2.79. The van der Waals surface area contributed by atoms with Gasteiger partial charge >= 0.3 is 0 Å². The maximum absolute atomic E-state index is 9.47. The molecule has 0 aromatic heterocycles. The predicted molar refractivity (Wildman–Crippen MR) is 77.7 cm³/mol. The van der Waals surface area contributed by atoms with Crippen LogP contribution in [-0.4, -0.2) is 34.8 Å². The summed E-state index contributed by atoms with van der Waals surface area (Å²) in [5, 5.41) is 13.5. The van der Waals surface area contributed by atoms with Crippen LogP contribution in [0.5, 0.6) is 0 Å². The van der Waals surface area contributed by atoms with Crippen LogP contribution in [0.15, 0.2) is 0 Å². The average Bonchev–Trinajstić information content (AvgIpc) is 2.79.